The third kappa shape index (κ3) is 1.92. The molecule has 3 nitrogen and oxygen atoms in total. The third-order valence-electron chi connectivity index (χ3n) is 1.91. The molecule has 1 aliphatic rings. The first kappa shape index (κ1) is 9.85. The molecule has 12 heavy (non-hydrogen) atoms. The lowest BCUT2D eigenvalue weighted by atomic mass is 9.81. The van der Waals surface area contributed by atoms with E-state index in [9.17, 15) is 17.2 Å². The molecule has 6 heteroatoms. The minimum absolute atomic E-state index is 0.123. The topological polar surface area (TPSA) is 43.4 Å². The lowest BCUT2D eigenvalue weighted by Gasteiger charge is -2.38. The summed E-state index contributed by atoms with van der Waals surface area (Å²) in [4.78, 5) is 0. The number of rotatable bonds is 3. The molecule has 0 aromatic heterocycles. The van der Waals surface area contributed by atoms with Crippen LogP contribution in [0.15, 0.2) is 0 Å². The molecule has 0 spiro atoms. The summed E-state index contributed by atoms with van der Waals surface area (Å²) in [5.41, 5.74) is -1.71. The molecule has 0 saturated heterocycles. The van der Waals surface area contributed by atoms with Crippen LogP contribution in [0.4, 0.5) is 8.78 Å². The average molecular weight is 200 g/mol. The predicted octanol–water partition coefficient (Wildman–Crippen LogP) is 1.15. The van der Waals surface area contributed by atoms with Crippen LogP contribution in [0, 0.1) is 0 Å². The van der Waals surface area contributed by atoms with Crippen molar-refractivity contribution in [3.63, 3.8) is 0 Å². The van der Waals surface area contributed by atoms with Crippen molar-refractivity contribution >= 4 is 10.1 Å². The van der Waals surface area contributed by atoms with Gasteiger partial charge in [0.2, 0.25) is 0 Å². The van der Waals surface area contributed by atoms with Crippen LogP contribution in [0.2, 0.25) is 0 Å². The highest BCUT2D eigenvalue weighted by molar-refractivity contribution is 7.86. The molecule has 0 aromatic rings. The molecule has 0 atom stereocenters. The van der Waals surface area contributed by atoms with E-state index in [1.165, 1.54) is 0 Å². The Kier molecular flexibility index (Phi) is 2.40. The fourth-order valence-electron chi connectivity index (χ4n) is 1.16. The lowest BCUT2D eigenvalue weighted by Crippen LogP contribution is -2.48. The summed E-state index contributed by atoms with van der Waals surface area (Å²) >= 11 is 0. The van der Waals surface area contributed by atoms with E-state index in [1.807, 2.05) is 0 Å². The normalized spacial score (nSPS) is 22.3. The van der Waals surface area contributed by atoms with Crippen molar-refractivity contribution in [3.8, 4) is 0 Å². The van der Waals surface area contributed by atoms with Crippen LogP contribution in [-0.4, -0.2) is 26.7 Å². The van der Waals surface area contributed by atoms with Crippen molar-refractivity contribution < 1.29 is 21.4 Å². The quantitative estimate of drug-likeness (QED) is 0.642. The fraction of sp³-hybridized carbons (Fsp3) is 1.00. The summed E-state index contributed by atoms with van der Waals surface area (Å²) < 4.78 is 50.1. The Labute approximate surface area is 69.8 Å². The first-order valence-corrected chi connectivity index (χ1v) is 5.36. The van der Waals surface area contributed by atoms with Gasteiger partial charge in [-0.1, -0.05) is 0 Å². The van der Waals surface area contributed by atoms with Gasteiger partial charge in [0.1, 0.15) is 5.60 Å². The maximum Gasteiger partial charge on any atom is 0.268 e. The van der Waals surface area contributed by atoms with Gasteiger partial charge >= 0.3 is 0 Å². The highest BCUT2D eigenvalue weighted by atomic mass is 32.2. The summed E-state index contributed by atoms with van der Waals surface area (Å²) in [5.74, 6) is 0. The minimum Gasteiger partial charge on any atom is -0.258 e. The van der Waals surface area contributed by atoms with Gasteiger partial charge in [-0.05, 0) is 19.3 Å². The molecule has 0 radical (unpaired) electrons. The molecular formula is C6H10F2O3S. The summed E-state index contributed by atoms with van der Waals surface area (Å²) in [6, 6.07) is 0. The average Bonchev–Trinajstić information content (AvgIpc) is 1.75. The molecule has 1 saturated carbocycles. The highest BCUT2D eigenvalue weighted by Gasteiger charge is 2.49. The van der Waals surface area contributed by atoms with Gasteiger partial charge in [-0.25, -0.2) is 8.78 Å². The largest absolute Gasteiger partial charge is 0.268 e. The summed E-state index contributed by atoms with van der Waals surface area (Å²) in [6.45, 7) is 0. The molecule has 0 heterocycles. The number of halogens is 2. The molecule has 0 aliphatic heterocycles. The first-order chi connectivity index (χ1) is 5.36. The molecule has 72 valence electrons. The fourth-order valence-corrected chi connectivity index (χ4v) is 2.01. The first-order valence-electron chi connectivity index (χ1n) is 3.54. The Hall–Kier alpha value is -0.230. The van der Waals surface area contributed by atoms with Gasteiger partial charge in [0.25, 0.3) is 16.5 Å². The van der Waals surface area contributed by atoms with E-state index in [2.05, 4.69) is 4.18 Å². The van der Waals surface area contributed by atoms with E-state index in [0.29, 0.717) is 6.42 Å². The molecule has 0 bridgehead atoms. The standard InChI is InChI=1S/C6H10F2O3S/c1-12(9,10)11-6(5(7)8)3-2-4-6/h5H,2-4H2,1H3. The van der Waals surface area contributed by atoms with Crippen molar-refractivity contribution in [2.24, 2.45) is 0 Å². The second-order valence-corrected chi connectivity index (χ2v) is 4.58. The van der Waals surface area contributed by atoms with Crippen molar-refractivity contribution in [1.29, 1.82) is 0 Å². The Balaban J connectivity index is 2.70. The van der Waals surface area contributed by atoms with E-state index in [0.717, 1.165) is 6.26 Å². The van der Waals surface area contributed by atoms with Crippen LogP contribution in [-0.2, 0) is 14.3 Å². The second kappa shape index (κ2) is 2.92. The molecule has 0 N–H and O–H groups in total. The van der Waals surface area contributed by atoms with Gasteiger partial charge in [-0.3, -0.25) is 4.18 Å². The van der Waals surface area contributed by atoms with Crippen molar-refractivity contribution in [1.82, 2.24) is 0 Å². The van der Waals surface area contributed by atoms with E-state index < -0.39 is 22.1 Å². The Morgan fingerprint density at radius 2 is 1.92 bits per heavy atom. The highest BCUT2D eigenvalue weighted by Crippen LogP contribution is 2.41. The number of alkyl halides is 2. The van der Waals surface area contributed by atoms with Gasteiger partial charge in [-0.2, -0.15) is 8.42 Å². The maximum absolute atomic E-state index is 12.3. The Morgan fingerprint density at radius 1 is 1.42 bits per heavy atom. The molecule has 1 aliphatic carbocycles. The third-order valence-corrected chi connectivity index (χ3v) is 2.55. The number of hydrogen-bond acceptors (Lipinski definition) is 3. The van der Waals surface area contributed by atoms with Crippen LogP contribution in [0.1, 0.15) is 19.3 Å². The van der Waals surface area contributed by atoms with Crippen molar-refractivity contribution in [3.05, 3.63) is 0 Å². The van der Waals surface area contributed by atoms with Crippen LogP contribution in [0.5, 0.6) is 0 Å². The Bertz CT molecular complexity index is 256. The SMILES string of the molecule is CS(=O)(=O)OC1(C(F)F)CCC1. The smallest absolute Gasteiger partial charge is 0.258 e. The predicted molar refractivity (Wildman–Crippen MR) is 38.5 cm³/mol. The van der Waals surface area contributed by atoms with Crippen LogP contribution < -0.4 is 0 Å². The van der Waals surface area contributed by atoms with Gasteiger partial charge < -0.3 is 0 Å². The molecule has 0 amide bonds. The zero-order valence-corrected chi connectivity index (χ0v) is 7.40. The lowest BCUT2D eigenvalue weighted by molar-refractivity contribution is -0.120. The van der Waals surface area contributed by atoms with Crippen LogP contribution in [0.25, 0.3) is 0 Å². The molecule has 0 aromatic carbocycles. The Morgan fingerprint density at radius 3 is 2.00 bits per heavy atom. The molecule has 1 fully saturated rings. The monoisotopic (exact) mass is 200 g/mol. The van der Waals surface area contributed by atoms with E-state index in [4.69, 9.17) is 0 Å². The van der Waals surface area contributed by atoms with Gasteiger partial charge in [0.15, 0.2) is 0 Å². The zero-order chi connectivity index (χ0) is 9.41. The van der Waals surface area contributed by atoms with E-state index in [-0.39, 0.29) is 12.8 Å². The minimum atomic E-state index is -3.77. The molecule has 1 rings (SSSR count). The van der Waals surface area contributed by atoms with Crippen molar-refractivity contribution in [2.45, 2.75) is 31.3 Å². The molecular weight excluding hydrogens is 190 g/mol. The van der Waals surface area contributed by atoms with Gasteiger partial charge in [-0.15, -0.1) is 0 Å². The van der Waals surface area contributed by atoms with Gasteiger partial charge in [0, 0.05) is 0 Å². The van der Waals surface area contributed by atoms with Gasteiger partial charge in [0.05, 0.1) is 6.26 Å². The summed E-state index contributed by atoms with van der Waals surface area (Å²) in [5, 5.41) is 0. The summed E-state index contributed by atoms with van der Waals surface area (Å²) in [7, 11) is -3.77. The van der Waals surface area contributed by atoms with Crippen molar-refractivity contribution in [2.75, 3.05) is 6.26 Å². The van der Waals surface area contributed by atoms with E-state index >= 15 is 0 Å². The molecule has 0 unspecified atom stereocenters. The van der Waals surface area contributed by atoms with E-state index in [1.54, 1.807) is 0 Å². The zero-order valence-electron chi connectivity index (χ0n) is 6.59. The number of hydrogen-bond donors (Lipinski definition) is 0. The second-order valence-electron chi connectivity index (χ2n) is 3.01. The van der Waals surface area contributed by atoms with Crippen LogP contribution in [0.3, 0.4) is 0 Å². The maximum atomic E-state index is 12.3. The van der Waals surface area contributed by atoms with Crippen LogP contribution >= 0.6 is 0 Å². The summed E-state index contributed by atoms with van der Waals surface area (Å²) in [6.07, 6.45) is -1.09.